The van der Waals surface area contributed by atoms with E-state index in [1.807, 2.05) is 6.07 Å². The molecule has 0 spiro atoms. The zero-order valence-electron chi connectivity index (χ0n) is 8.33. The fourth-order valence-corrected chi connectivity index (χ4v) is 1.38. The highest BCUT2D eigenvalue weighted by atomic mass is 15.3. The van der Waals surface area contributed by atoms with Gasteiger partial charge < -0.3 is 4.48 Å². The van der Waals surface area contributed by atoms with Crippen LogP contribution in [0.4, 0.5) is 0 Å². The summed E-state index contributed by atoms with van der Waals surface area (Å²) in [6.07, 6.45) is 5.30. The zero-order chi connectivity index (χ0) is 9.73. The Labute approximate surface area is 80.6 Å². The second-order valence-corrected chi connectivity index (χ2v) is 3.94. The highest BCUT2D eigenvalue weighted by Crippen LogP contribution is 2.07. The van der Waals surface area contributed by atoms with Gasteiger partial charge in [0.1, 0.15) is 13.1 Å². The van der Waals surface area contributed by atoms with Crippen LogP contribution in [0.5, 0.6) is 0 Å². The second kappa shape index (κ2) is 4.11. The van der Waals surface area contributed by atoms with E-state index in [1.54, 1.807) is 0 Å². The Bertz CT molecular complexity index is 293. The van der Waals surface area contributed by atoms with Crippen molar-refractivity contribution in [2.75, 3.05) is 20.6 Å². The van der Waals surface area contributed by atoms with Gasteiger partial charge >= 0.3 is 0 Å². The van der Waals surface area contributed by atoms with Crippen molar-refractivity contribution in [2.24, 2.45) is 0 Å². The first-order valence-corrected chi connectivity index (χ1v) is 4.43. The van der Waals surface area contributed by atoms with Crippen LogP contribution >= 0.6 is 0 Å². The Balaban J connectivity index is 2.65. The molecular weight excluding hydrogens is 158 g/mol. The Morgan fingerprint density at radius 2 is 1.85 bits per heavy atom. The summed E-state index contributed by atoms with van der Waals surface area (Å²) in [7, 11) is 4.29. The van der Waals surface area contributed by atoms with Crippen LogP contribution in [0.1, 0.15) is 5.56 Å². The molecule has 0 fully saturated rings. The molecule has 0 N–H and O–H groups in total. The molecule has 1 heteroatoms. The van der Waals surface area contributed by atoms with Crippen LogP contribution in [0.15, 0.2) is 30.3 Å². The van der Waals surface area contributed by atoms with E-state index in [0.29, 0.717) is 0 Å². The highest BCUT2D eigenvalue weighted by Gasteiger charge is 2.13. The minimum Gasteiger partial charge on any atom is -0.315 e. The van der Waals surface area contributed by atoms with Gasteiger partial charge in [0.15, 0.2) is 0 Å². The van der Waals surface area contributed by atoms with Gasteiger partial charge in [-0.15, -0.1) is 6.42 Å². The first kappa shape index (κ1) is 9.83. The Morgan fingerprint density at radius 3 is 2.38 bits per heavy atom. The monoisotopic (exact) mass is 174 g/mol. The maximum Gasteiger partial charge on any atom is 0.140 e. The van der Waals surface area contributed by atoms with Crippen LogP contribution < -0.4 is 0 Å². The van der Waals surface area contributed by atoms with Gasteiger partial charge in [0.2, 0.25) is 0 Å². The minimum absolute atomic E-state index is 0.773. The predicted molar refractivity (Wildman–Crippen MR) is 56.0 cm³/mol. The molecule has 1 aromatic carbocycles. The Hall–Kier alpha value is -1.26. The lowest BCUT2D eigenvalue weighted by atomic mass is 10.2. The molecule has 0 amide bonds. The van der Waals surface area contributed by atoms with Crippen molar-refractivity contribution in [3.63, 3.8) is 0 Å². The first-order chi connectivity index (χ1) is 6.14. The summed E-state index contributed by atoms with van der Waals surface area (Å²) in [5, 5.41) is 0. The zero-order valence-corrected chi connectivity index (χ0v) is 8.33. The third kappa shape index (κ3) is 3.31. The van der Waals surface area contributed by atoms with Gasteiger partial charge in [0.05, 0.1) is 14.1 Å². The number of rotatable bonds is 3. The van der Waals surface area contributed by atoms with E-state index in [0.717, 1.165) is 17.6 Å². The summed E-state index contributed by atoms with van der Waals surface area (Å²) >= 11 is 0. The maximum absolute atomic E-state index is 5.30. The van der Waals surface area contributed by atoms with Gasteiger partial charge in [-0.2, -0.15) is 0 Å². The molecule has 0 aromatic heterocycles. The van der Waals surface area contributed by atoms with Gasteiger partial charge in [-0.05, 0) is 5.92 Å². The lowest BCUT2D eigenvalue weighted by Crippen LogP contribution is -2.38. The van der Waals surface area contributed by atoms with E-state index in [2.05, 4.69) is 44.3 Å². The van der Waals surface area contributed by atoms with Crippen LogP contribution in [0.3, 0.4) is 0 Å². The molecule has 0 heterocycles. The molecule has 0 unspecified atom stereocenters. The summed E-state index contributed by atoms with van der Waals surface area (Å²) in [4.78, 5) is 0. The summed E-state index contributed by atoms with van der Waals surface area (Å²) in [6, 6.07) is 10.4. The van der Waals surface area contributed by atoms with E-state index in [-0.39, 0.29) is 0 Å². The molecule has 1 nitrogen and oxygen atoms in total. The Morgan fingerprint density at radius 1 is 1.23 bits per heavy atom. The highest BCUT2D eigenvalue weighted by molar-refractivity contribution is 5.13. The van der Waals surface area contributed by atoms with Crippen molar-refractivity contribution in [3.05, 3.63) is 35.9 Å². The van der Waals surface area contributed by atoms with Crippen LogP contribution in [-0.4, -0.2) is 25.1 Å². The maximum atomic E-state index is 5.30. The largest absolute Gasteiger partial charge is 0.315 e. The fourth-order valence-electron chi connectivity index (χ4n) is 1.38. The molecule has 0 bridgehead atoms. The van der Waals surface area contributed by atoms with E-state index in [4.69, 9.17) is 6.42 Å². The minimum atomic E-state index is 0.773. The number of terminal acetylenes is 1. The number of nitrogens with zero attached hydrogens (tertiary/aromatic N) is 1. The van der Waals surface area contributed by atoms with Gasteiger partial charge in [0, 0.05) is 5.56 Å². The molecule has 0 saturated carbocycles. The molecule has 0 aliphatic heterocycles. The molecule has 0 aliphatic carbocycles. The molecular formula is C12H16N+. The molecule has 0 aliphatic rings. The lowest BCUT2D eigenvalue weighted by Gasteiger charge is -2.27. The van der Waals surface area contributed by atoms with Crippen molar-refractivity contribution in [1.82, 2.24) is 0 Å². The summed E-state index contributed by atoms with van der Waals surface area (Å²) in [5.41, 5.74) is 1.34. The van der Waals surface area contributed by atoms with Crippen molar-refractivity contribution < 1.29 is 4.48 Å². The van der Waals surface area contributed by atoms with Gasteiger partial charge in [-0.1, -0.05) is 30.3 Å². The third-order valence-corrected chi connectivity index (χ3v) is 1.97. The van der Waals surface area contributed by atoms with Gasteiger partial charge in [-0.3, -0.25) is 0 Å². The number of benzene rings is 1. The summed E-state index contributed by atoms with van der Waals surface area (Å²) in [6.45, 7) is 1.76. The molecule has 0 atom stereocenters. The molecule has 68 valence electrons. The van der Waals surface area contributed by atoms with E-state index in [9.17, 15) is 0 Å². The predicted octanol–water partition coefficient (Wildman–Crippen LogP) is 1.90. The average Bonchev–Trinajstić information content (AvgIpc) is 2.04. The van der Waals surface area contributed by atoms with Crippen molar-refractivity contribution in [2.45, 2.75) is 6.54 Å². The van der Waals surface area contributed by atoms with Crippen LogP contribution in [0.25, 0.3) is 0 Å². The molecule has 0 radical (unpaired) electrons. The smallest absolute Gasteiger partial charge is 0.140 e. The number of hydrogen-bond donors (Lipinski definition) is 0. The lowest BCUT2D eigenvalue weighted by molar-refractivity contribution is -0.896. The van der Waals surface area contributed by atoms with Crippen LogP contribution in [-0.2, 0) is 6.54 Å². The number of hydrogen-bond acceptors (Lipinski definition) is 0. The molecule has 1 rings (SSSR count). The van der Waals surface area contributed by atoms with Gasteiger partial charge in [0.25, 0.3) is 0 Å². The SMILES string of the molecule is C#CC[N+](C)(C)Cc1ccccc1. The summed E-state index contributed by atoms with van der Waals surface area (Å²) < 4.78 is 0.848. The first-order valence-electron chi connectivity index (χ1n) is 4.43. The van der Waals surface area contributed by atoms with Gasteiger partial charge in [-0.25, -0.2) is 0 Å². The molecule has 13 heavy (non-hydrogen) atoms. The topological polar surface area (TPSA) is 0 Å². The molecule has 1 aromatic rings. The second-order valence-electron chi connectivity index (χ2n) is 3.94. The van der Waals surface area contributed by atoms with Crippen molar-refractivity contribution >= 4 is 0 Å². The average molecular weight is 174 g/mol. The molecule has 0 saturated heterocycles. The fraction of sp³-hybridized carbons (Fsp3) is 0.333. The summed E-state index contributed by atoms with van der Waals surface area (Å²) in [5.74, 6) is 2.70. The van der Waals surface area contributed by atoms with E-state index >= 15 is 0 Å². The Kier molecular flexibility index (Phi) is 3.11. The normalized spacial score (nSPS) is 10.8. The van der Waals surface area contributed by atoms with Crippen LogP contribution in [0.2, 0.25) is 0 Å². The van der Waals surface area contributed by atoms with E-state index in [1.165, 1.54) is 5.56 Å². The number of quaternary nitrogens is 1. The van der Waals surface area contributed by atoms with Crippen LogP contribution in [0, 0.1) is 12.3 Å². The standard InChI is InChI=1S/C12H16N/c1-4-10-13(2,3)11-12-8-6-5-7-9-12/h1,5-9H,10-11H2,2-3H3/q+1. The van der Waals surface area contributed by atoms with Crippen molar-refractivity contribution in [3.8, 4) is 12.3 Å². The quantitative estimate of drug-likeness (QED) is 0.485. The van der Waals surface area contributed by atoms with E-state index < -0.39 is 0 Å². The third-order valence-electron chi connectivity index (χ3n) is 1.97. The van der Waals surface area contributed by atoms with Crippen molar-refractivity contribution in [1.29, 1.82) is 0 Å².